The van der Waals surface area contributed by atoms with E-state index in [1.807, 2.05) is 12.2 Å². The Hall–Kier alpha value is 0.236. The normalized spacial score (nSPS) is 11.9. The molecule has 0 aliphatic carbocycles. The summed E-state index contributed by atoms with van der Waals surface area (Å²) in [6.45, 7) is 3.21. The summed E-state index contributed by atoms with van der Waals surface area (Å²) >= 11 is 0. The van der Waals surface area contributed by atoms with Crippen LogP contribution in [0, 0.1) is 0 Å². The molecule has 0 rings (SSSR count). The van der Waals surface area contributed by atoms with Crippen molar-refractivity contribution in [2.75, 3.05) is 26.4 Å². The Balaban J connectivity index is 0. The van der Waals surface area contributed by atoms with E-state index in [4.69, 9.17) is 10.2 Å². The number of carboxylic acid groups (broad SMARTS) is 1. The molecule has 0 aliphatic rings. The smallest absolute Gasteiger partial charge is 0.862 e. The van der Waals surface area contributed by atoms with Crippen LogP contribution < -0.4 is 56.5 Å². The van der Waals surface area contributed by atoms with Gasteiger partial charge in [-0.15, -0.1) is 0 Å². The zero-order valence-corrected chi connectivity index (χ0v) is 17.0. The van der Waals surface area contributed by atoms with Gasteiger partial charge in [0.05, 0.1) is 13.1 Å². The van der Waals surface area contributed by atoms with Crippen LogP contribution in [0.1, 0.15) is 45.4 Å². The van der Waals surface area contributed by atoms with Crippen molar-refractivity contribution < 1.29 is 71.5 Å². The summed E-state index contributed by atoms with van der Waals surface area (Å²) in [5, 5.41) is 29.1. The number of hydrogen-bond donors (Lipinski definition) is 2. The Morgan fingerprint density at radius 3 is 2.59 bits per heavy atom. The van der Waals surface area contributed by atoms with E-state index in [0.717, 1.165) is 19.3 Å². The van der Waals surface area contributed by atoms with Crippen molar-refractivity contribution in [1.29, 1.82) is 0 Å². The number of aliphatic hydroxyl groups is 1. The van der Waals surface area contributed by atoms with E-state index in [2.05, 4.69) is 11.9 Å². The Morgan fingerprint density at radius 1 is 1.27 bits per heavy atom. The number of allylic oxidation sites excluding steroid dienone is 1. The van der Waals surface area contributed by atoms with Crippen molar-refractivity contribution in [3.05, 3.63) is 12.2 Å². The van der Waals surface area contributed by atoms with Gasteiger partial charge in [-0.25, -0.2) is 0 Å². The molecule has 0 amide bonds. The first-order chi connectivity index (χ1) is 10.1. The molecule has 0 fully saturated rings. The second-order valence-corrected chi connectivity index (χ2v) is 4.85. The Labute approximate surface area is 175 Å². The third-order valence-corrected chi connectivity index (χ3v) is 2.90. The summed E-state index contributed by atoms with van der Waals surface area (Å²) in [5.41, 5.74) is 0. The third kappa shape index (κ3) is 16.6. The third-order valence-electron chi connectivity index (χ3n) is 2.90. The summed E-state index contributed by atoms with van der Waals surface area (Å²) in [6.07, 6.45) is 7.88. The minimum Gasteiger partial charge on any atom is -0.862 e. The van der Waals surface area contributed by atoms with Crippen LogP contribution in [0.15, 0.2) is 17.1 Å². The van der Waals surface area contributed by atoms with Crippen LogP contribution in [-0.4, -0.2) is 53.3 Å². The molecule has 0 aromatic carbocycles. The average Bonchev–Trinajstić information content (AvgIpc) is 2.46. The van der Waals surface area contributed by atoms with Crippen LogP contribution >= 0.6 is 0 Å². The minimum atomic E-state index is -0.880. The van der Waals surface area contributed by atoms with E-state index in [1.54, 1.807) is 4.90 Å². The van der Waals surface area contributed by atoms with Gasteiger partial charge in [0.25, 0.3) is 0 Å². The van der Waals surface area contributed by atoms with Crippen LogP contribution in [0.2, 0.25) is 0 Å². The van der Waals surface area contributed by atoms with Crippen LogP contribution in [0.25, 0.3) is 0 Å². The first-order valence-electron chi connectivity index (χ1n) is 7.50. The van der Waals surface area contributed by atoms with Crippen molar-refractivity contribution in [3.8, 4) is 0 Å². The molecule has 0 aliphatic heterocycles. The molecule has 0 heterocycles. The van der Waals surface area contributed by atoms with Gasteiger partial charge in [0.15, 0.2) is 0 Å². The molecular weight excluding hydrogens is 311 g/mol. The Bertz CT molecular complexity index is 336. The van der Waals surface area contributed by atoms with E-state index >= 15 is 0 Å². The monoisotopic (exact) mass is 338 g/mol. The van der Waals surface area contributed by atoms with E-state index in [-0.39, 0.29) is 83.4 Å². The van der Waals surface area contributed by atoms with Crippen LogP contribution in [0.5, 0.6) is 0 Å². The Kier molecular flexibility index (Phi) is 19.6. The predicted octanol–water partition coefficient (Wildman–Crippen LogP) is -2.00. The number of carboxylic acids is 1. The molecule has 0 saturated heterocycles. The van der Waals surface area contributed by atoms with Crippen LogP contribution in [0.4, 0.5) is 0 Å². The van der Waals surface area contributed by atoms with E-state index in [9.17, 15) is 9.90 Å². The predicted molar refractivity (Wildman–Crippen MR) is 81.1 cm³/mol. The van der Waals surface area contributed by atoms with Crippen molar-refractivity contribution in [2.45, 2.75) is 45.4 Å². The fourth-order valence-electron chi connectivity index (χ4n) is 1.67. The summed E-state index contributed by atoms with van der Waals surface area (Å²) < 4.78 is 0. The molecule has 22 heavy (non-hydrogen) atoms. The van der Waals surface area contributed by atoms with Gasteiger partial charge in [-0.05, 0) is 25.2 Å². The number of carbonyl (C=O) groups is 1. The molecule has 122 valence electrons. The molecule has 0 saturated carbocycles. The number of aliphatic imine (C=N–C) groups is 1. The molecule has 6 nitrogen and oxygen atoms in total. The Morgan fingerprint density at radius 2 is 2.00 bits per heavy atom. The van der Waals surface area contributed by atoms with Gasteiger partial charge in [0.2, 0.25) is 0 Å². The zero-order chi connectivity index (χ0) is 15.9. The van der Waals surface area contributed by atoms with Gasteiger partial charge in [0, 0.05) is 19.7 Å². The van der Waals surface area contributed by atoms with E-state index in [0.29, 0.717) is 19.5 Å². The van der Waals surface area contributed by atoms with Gasteiger partial charge in [-0.1, -0.05) is 31.9 Å². The maximum absolute atomic E-state index is 11.6. The van der Waals surface area contributed by atoms with Crippen molar-refractivity contribution >= 4 is 11.9 Å². The second-order valence-electron chi connectivity index (χ2n) is 4.85. The summed E-state index contributed by atoms with van der Waals surface area (Å²) in [6, 6.07) is 0. The zero-order valence-electron chi connectivity index (χ0n) is 13.8. The van der Waals surface area contributed by atoms with Crippen molar-refractivity contribution in [1.82, 2.24) is 4.90 Å². The molecule has 7 heteroatoms. The van der Waals surface area contributed by atoms with Crippen molar-refractivity contribution in [3.63, 3.8) is 0 Å². The summed E-state index contributed by atoms with van der Waals surface area (Å²) in [7, 11) is 0. The van der Waals surface area contributed by atoms with Crippen LogP contribution in [-0.2, 0) is 4.79 Å². The van der Waals surface area contributed by atoms with Gasteiger partial charge < -0.3 is 15.3 Å². The van der Waals surface area contributed by atoms with Gasteiger partial charge >= 0.3 is 57.4 Å². The van der Waals surface area contributed by atoms with Gasteiger partial charge in [-0.2, -0.15) is 0 Å². The van der Waals surface area contributed by atoms with Gasteiger partial charge in [-0.3, -0.25) is 14.7 Å². The molecule has 0 bridgehead atoms. The first kappa shape index (κ1) is 24.5. The van der Waals surface area contributed by atoms with Gasteiger partial charge in [0.1, 0.15) is 0 Å². The molecule has 2 N–H and O–H groups in total. The summed E-state index contributed by atoms with van der Waals surface area (Å²) in [4.78, 5) is 16.3. The second kappa shape index (κ2) is 17.6. The number of aliphatic carboxylic acids is 1. The minimum absolute atomic E-state index is 0. The number of rotatable bonds is 13. The number of hydrogen-bond acceptors (Lipinski definition) is 5. The quantitative estimate of drug-likeness (QED) is 0.133. The van der Waals surface area contributed by atoms with E-state index < -0.39 is 5.97 Å². The number of unbranched alkanes of at least 4 members (excludes halogenated alkanes) is 2. The van der Waals surface area contributed by atoms with Crippen molar-refractivity contribution in [2.24, 2.45) is 4.99 Å². The summed E-state index contributed by atoms with van der Waals surface area (Å²) in [5.74, 6) is -1.08. The average molecular weight is 338 g/mol. The largest absolute Gasteiger partial charge is 1.00 e. The fraction of sp³-hybridized carbons (Fsp3) is 0.733. The molecule has 0 aromatic heterocycles. The van der Waals surface area contributed by atoms with Crippen LogP contribution in [0.3, 0.4) is 0 Å². The topological polar surface area (TPSA) is 96.2 Å². The molecule has 0 radical (unpaired) electrons. The SMILES string of the molecule is CCCC/C=C/CC([O-])=NCN(CCCO)CCC(=O)O.[K+]. The maximum atomic E-state index is 11.6. The molecule has 0 aromatic rings. The fourth-order valence-corrected chi connectivity index (χ4v) is 1.67. The van der Waals surface area contributed by atoms with E-state index in [1.165, 1.54) is 0 Å². The number of nitrogens with zero attached hydrogens (tertiary/aromatic N) is 2. The molecule has 0 unspecified atom stereocenters. The molecular formula is C15H27KN2O4. The maximum Gasteiger partial charge on any atom is 1.00 e. The number of aliphatic hydroxyl groups excluding tert-OH is 1. The molecule has 0 atom stereocenters. The molecule has 0 spiro atoms. The standard InChI is InChI=1S/C15H28N2O4.K/c1-2-3-4-5-6-8-14(19)16-13-17(10-7-12-18)11-9-15(20)21;/h5-6,18H,2-4,7-13H2,1H3,(H,16,19)(H,20,21);/q;+1/p-1/b6-5+;. The first-order valence-corrected chi connectivity index (χ1v) is 7.50.